The summed E-state index contributed by atoms with van der Waals surface area (Å²) >= 11 is 0. The zero-order valence-corrected chi connectivity index (χ0v) is 12.2. The Hall–Kier alpha value is -2.10. The fourth-order valence-electron chi connectivity index (χ4n) is 1.91. The third-order valence-corrected chi connectivity index (χ3v) is 3.99. The van der Waals surface area contributed by atoms with Crippen molar-refractivity contribution in [3.8, 4) is 0 Å². The molecule has 1 aromatic rings. The second-order valence-electron chi connectivity index (χ2n) is 4.67. The number of aliphatic hydroxyl groups excluding tert-OH is 2. The van der Waals surface area contributed by atoms with Crippen LogP contribution < -0.4 is 5.14 Å². The SMILES string of the molecule is NS(=O)(=O)c1ccccc1C(=O)OCC1CC(O)=C(O)CO1. The van der Waals surface area contributed by atoms with Crippen molar-refractivity contribution < 1.29 is 32.9 Å². The lowest BCUT2D eigenvalue weighted by molar-refractivity contribution is -0.0247. The summed E-state index contributed by atoms with van der Waals surface area (Å²) in [5.41, 5.74) is -0.177. The van der Waals surface area contributed by atoms with Gasteiger partial charge in [-0.2, -0.15) is 0 Å². The van der Waals surface area contributed by atoms with Crippen LogP contribution in [0.3, 0.4) is 0 Å². The molecule has 1 aliphatic rings. The Labute approximate surface area is 126 Å². The number of esters is 1. The van der Waals surface area contributed by atoms with E-state index in [2.05, 4.69) is 0 Å². The topological polar surface area (TPSA) is 136 Å². The van der Waals surface area contributed by atoms with Crippen LogP contribution in [0, 0.1) is 0 Å². The van der Waals surface area contributed by atoms with Gasteiger partial charge in [0.15, 0.2) is 5.76 Å². The molecule has 1 aromatic carbocycles. The molecule has 0 saturated carbocycles. The predicted molar refractivity (Wildman–Crippen MR) is 74.7 cm³/mol. The van der Waals surface area contributed by atoms with Crippen molar-refractivity contribution in [3.63, 3.8) is 0 Å². The summed E-state index contributed by atoms with van der Waals surface area (Å²) in [5.74, 6) is -1.36. The summed E-state index contributed by atoms with van der Waals surface area (Å²) in [6.07, 6.45) is -0.628. The van der Waals surface area contributed by atoms with E-state index in [0.717, 1.165) is 0 Å². The highest BCUT2D eigenvalue weighted by atomic mass is 32.2. The lowest BCUT2D eigenvalue weighted by Crippen LogP contribution is -2.28. The van der Waals surface area contributed by atoms with E-state index in [9.17, 15) is 23.4 Å². The summed E-state index contributed by atoms with van der Waals surface area (Å²) in [4.78, 5) is 11.7. The normalized spacial score (nSPS) is 19.0. The average molecular weight is 329 g/mol. The number of sulfonamides is 1. The van der Waals surface area contributed by atoms with Gasteiger partial charge in [-0.3, -0.25) is 0 Å². The van der Waals surface area contributed by atoms with E-state index in [-0.39, 0.29) is 41.6 Å². The maximum atomic E-state index is 12.0. The molecule has 0 aliphatic carbocycles. The van der Waals surface area contributed by atoms with Crippen molar-refractivity contribution in [1.82, 2.24) is 0 Å². The van der Waals surface area contributed by atoms with Crippen LogP contribution in [-0.2, 0) is 19.5 Å². The van der Waals surface area contributed by atoms with Crippen LogP contribution in [0.1, 0.15) is 16.8 Å². The van der Waals surface area contributed by atoms with Crippen molar-refractivity contribution in [2.24, 2.45) is 5.14 Å². The number of hydrogen-bond acceptors (Lipinski definition) is 7. The molecule has 9 heteroatoms. The monoisotopic (exact) mass is 329 g/mol. The largest absolute Gasteiger partial charge is 0.509 e. The van der Waals surface area contributed by atoms with E-state index in [1.807, 2.05) is 0 Å². The van der Waals surface area contributed by atoms with E-state index in [4.69, 9.17) is 14.6 Å². The minimum absolute atomic E-state index is 0.00402. The predicted octanol–water partition coefficient (Wildman–Crippen LogP) is 0.607. The Morgan fingerprint density at radius 1 is 1.32 bits per heavy atom. The molecule has 120 valence electrons. The lowest BCUT2D eigenvalue weighted by Gasteiger charge is -2.22. The summed E-state index contributed by atoms with van der Waals surface area (Å²) < 4.78 is 33.0. The molecule has 0 amide bonds. The number of ether oxygens (including phenoxy) is 2. The van der Waals surface area contributed by atoms with Crippen molar-refractivity contribution >= 4 is 16.0 Å². The lowest BCUT2D eigenvalue weighted by atomic mass is 10.1. The number of benzene rings is 1. The highest BCUT2D eigenvalue weighted by Crippen LogP contribution is 2.19. The number of carbonyl (C=O) groups is 1. The smallest absolute Gasteiger partial charge is 0.339 e. The minimum atomic E-state index is -4.05. The van der Waals surface area contributed by atoms with Gasteiger partial charge in [-0.05, 0) is 12.1 Å². The van der Waals surface area contributed by atoms with E-state index >= 15 is 0 Å². The molecule has 22 heavy (non-hydrogen) atoms. The van der Waals surface area contributed by atoms with Gasteiger partial charge < -0.3 is 19.7 Å². The van der Waals surface area contributed by atoms with E-state index in [0.29, 0.717) is 0 Å². The van der Waals surface area contributed by atoms with Gasteiger partial charge in [0, 0.05) is 6.42 Å². The van der Waals surface area contributed by atoms with Crippen molar-refractivity contribution in [3.05, 3.63) is 41.3 Å². The first-order valence-electron chi connectivity index (χ1n) is 6.29. The van der Waals surface area contributed by atoms with Gasteiger partial charge in [-0.25, -0.2) is 18.4 Å². The number of carbonyl (C=O) groups excluding carboxylic acids is 1. The van der Waals surface area contributed by atoms with Gasteiger partial charge in [0.2, 0.25) is 10.0 Å². The molecule has 0 fully saturated rings. The van der Waals surface area contributed by atoms with E-state index in [1.54, 1.807) is 0 Å². The van der Waals surface area contributed by atoms with Crippen LogP contribution in [0.5, 0.6) is 0 Å². The third-order valence-electron chi connectivity index (χ3n) is 3.02. The molecule has 4 N–H and O–H groups in total. The molecule has 0 spiro atoms. The fourth-order valence-corrected chi connectivity index (χ4v) is 2.64. The summed E-state index contributed by atoms with van der Waals surface area (Å²) in [6.45, 7) is -0.378. The zero-order chi connectivity index (χ0) is 16.3. The third kappa shape index (κ3) is 3.75. The maximum absolute atomic E-state index is 12.0. The van der Waals surface area contributed by atoms with Gasteiger partial charge in [0.1, 0.15) is 19.0 Å². The molecule has 1 unspecified atom stereocenters. The molecule has 1 aliphatic heterocycles. The Morgan fingerprint density at radius 3 is 2.64 bits per heavy atom. The highest BCUT2D eigenvalue weighted by Gasteiger charge is 2.24. The number of aliphatic hydroxyl groups is 2. The summed E-state index contributed by atoms with van der Waals surface area (Å²) in [7, 11) is -4.05. The number of rotatable bonds is 4. The molecule has 1 heterocycles. The molecule has 0 radical (unpaired) electrons. The van der Waals surface area contributed by atoms with Crippen molar-refractivity contribution in [2.75, 3.05) is 13.2 Å². The van der Waals surface area contributed by atoms with Crippen LogP contribution in [0.2, 0.25) is 0 Å². The summed E-state index contributed by atoms with van der Waals surface area (Å²) in [6, 6.07) is 5.41. The molecular weight excluding hydrogens is 314 g/mol. The molecule has 0 saturated heterocycles. The van der Waals surface area contributed by atoms with Gasteiger partial charge in [0.05, 0.1) is 16.6 Å². The molecule has 2 rings (SSSR count). The average Bonchev–Trinajstić information content (AvgIpc) is 2.47. The first kappa shape index (κ1) is 16.3. The Balaban J connectivity index is 2.06. The fraction of sp³-hybridized carbons (Fsp3) is 0.308. The van der Waals surface area contributed by atoms with Crippen LogP contribution in [0.15, 0.2) is 40.7 Å². The molecule has 0 aromatic heterocycles. The van der Waals surface area contributed by atoms with Crippen molar-refractivity contribution in [2.45, 2.75) is 17.4 Å². The quantitative estimate of drug-likeness (QED) is 0.688. The number of primary sulfonamides is 1. The summed E-state index contributed by atoms with van der Waals surface area (Å²) in [5, 5.41) is 23.6. The Morgan fingerprint density at radius 2 is 2.00 bits per heavy atom. The second-order valence-corrected chi connectivity index (χ2v) is 6.20. The van der Waals surface area contributed by atoms with E-state index < -0.39 is 22.1 Å². The standard InChI is InChI=1S/C13H15NO7S/c14-22(18,19)12-4-2-1-3-9(12)13(17)21-6-8-5-10(15)11(16)7-20-8/h1-4,8,15-16H,5-7H2,(H2,14,18,19). The van der Waals surface area contributed by atoms with Crippen LogP contribution in [0.25, 0.3) is 0 Å². The van der Waals surface area contributed by atoms with Gasteiger partial charge in [-0.15, -0.1) is 0 Å². The highest BCUT2D eigenvalue weighted by molar-refractivity contribution is 7.89. The van der Waals surface area contributed by atoms with Gasteiger partial charge in [0.25, 0.3) is 0 Å². The van der Waals surface area contributed by atoms with Gasteiger partial charge in [-0.1, -0.05) is 12.1 Å². The van der Waals surface area contributed by atoms with Crippen LogP contribution >= 0.6 is 0 Å². The van der Waals surface area contributed by atoms with E-state index in [1.165, 1.54) is 24.3 Å². The Kier molecular flexibility index (Phi) is 4.69. The van der Waals surface area contributed by atoms with Crippen molar-refractivity contribution in [1.29, 1.82) is 0 Å². The Bertz CT molecular complexity index is 711. The molecule has 0 bridgehead atoms. The minimum Gasteiger partial charge on any atom is -0.509 e. The first-order chi connectivity index (χ1) is 10.3. The number of hydrogen-bond donors (Lipinski definition) is 3. The molecule has 1 atom stereocenters. The molecule has 8 nitrogen and oxygen atoms in total. The number of nitrogens with two attached hydrogens (primary N) is 1. The second kappa shape index (κ2) is 6.34. The van der Waals surface area contributed by atoms with Crippen LogP contribution in [0.4, 0.5) is 0 Å². The first-order valence-corrected chi connectivity index (χ1v) is 7.84. The van der Waals surface area contributed by atoms with Gasteiger partial charge >= 0.3 is 5.97 Å². The molecular formula is C13H15NO7S. The van der Waals surface area contributed by atoms with Crippen LogP contribution in [-0.4, -0.2) is 43.9 Å². The zero-order valence-electron chi connectivity index (χ0n) is 11.4. The maximum Gasteiger partial charge on any atom is 0.339 e.